The molecule has 0 fully saturated rings. The summed E-state index contributed by atoms with van der Waals surface area (Å²) < 4.78 is 27.6. The van der Waals surface area contributed by atoms with Crippen molar-refractivity contribution in [3.8, 4) is 0 Å². The highest BCUT2D eigenvalue weighted by molar-refractivity contribution is 7.89. The second kappa shape index (κ2) is 6.25. The number of benzene rings is 2. The highest BCUT2D eigenvalue weighted by Crippen LogP contribution is 2.30. The molecule has 1 amide bonds. The fourth-order valence-electron chi connectivity index (χ4n) is 2.83. The molecule has 1 aliphatic rings. The van der Waals surface area contributed by atoms with E-state index in [9.17, 15) is 18.3 Å². The van der Waals surface area contributed by atoms with Gasteiger partial charge in [0.15, 0.2) is 0 Å². The Labute approximate surface area is 147 Å². The number of likely N-dealkylation sites (N-methyl/N-ethyl adjacent to an activating group) is 1. The van der Waals surface area contributed by atoms with Gasteiger partial charge in [0.1, 0.15) is 5.60 Å². The van der Waals surface area contributed by atoms with Crippen molar-refractivity contribution in [1.82, 2.24) is 4.72 Å². The average Bonchev–Trinajstić information content (AvgIpc) is 2.88. The molecule has 1 atom stereocenters. The van der Waals surface area contributed by atoms with Gasteiger partial charge in [-0.25, -0.2) is 13.1 Å². The van der Waals surface area contributed by atoms with Crippen molar-refractivity contribution in [1.29, 1.82) is 0 Å². The number of anilines is 1. The molecule has 2 aromatic rings. The summed E-state index contributed by atoms with van der Waals surface area (Å²) in [6.45, 7) is 1.40. The van der Waals surface area contributed by atoms with Crippen LogP contribution < -0.4 is 9.62 Å². The monoisotopic (exact) mass is 360 g/mol. The maximum atomic E-state index is 12.6. The number of amides is 1. The predicted octanol–water partition coefficient (Wildman–Crippen LogP) is 1.39. The van der Waals surface area contributed by atoms with Gasteiger partial charge in [0.05, 0.1) is 11.3 Å². The number of hydrogen-bond donors (Lipinski definition) is 2. The Balaban J connectivity index is 1.79. The number of nitrogens with one attached hydrogen (secondary N) is 1. The third kappa shape index (κ3) is 3.44. The van der Waals surface area contributed by atoms with Gasteiger partial charge in [-0.15, -0.1) is 0 Å². The van der Waals surface area contributed by atoms with Gasteiger partial charge in [0.25, 0.3) is 0 Å². The standard InChI is InChI=1S/C18H20N2O4S/c1-18(22,14-6-4-3-5-7-14)12-19-25(23,24)15-8-9-16-13(10-15)11-17(21)20(16)2/h3-10,19,22H,11-12H2,1-2H3. The highest BCUT2D eigenvalue weighted by Gasteiger charge is 2.28. The van der Waals surface area contributed by atoms with Gasteiger partial charge in [-0.1, -0.05) is 30.3 Å². The van der Waals surface area contributed by atoms with E-state index in [0.717, 1.165) is 5.69 Å². The fraction of sp³-hybridized carbons (Fsp3) is 0.278. The van der Waals surface area contributed by atoms with Gasteiger partial charge >= 0.3 is 0 Å². The lowest BCUT2D eigenvalue weighted by Crippen LogP contribution is -2.38. The van der Waals surface area contributed by atoms with Crippen LogP contribution in [0.5, 0.6) is 0 Å². The summed E-state index contributed by atoms with van der Waals surface area (Å²) >= 11 is 0. The Kier molecular flexibility index (Phi) is 4.40. The molecular weight excluding hydrogens is 340 g/mol. The van der Waals surface area contributed by atoms with Gasteiger partial charge in [-0.3, -0.25) is 4.79 Å². The lowest BCUT2D eigenvalue weighted by molar-refractivity contribution is -0.117. The van der Waals surface area contributed by atoms with Crippen LogP contribution in [0.1, 0.15) is 18.1 Å². The lowest BCUT2D eigenvalue weighted by Gasteiger charge is -2.24. The largest absolute Gasteiger partial charge is 0.384 e. The van der Waals surface area contributed by atoms with Crippen LogP contribution in [0.3, 0.4) is 0 Å². The molecule has 2 N–H and O–H groups in total. The minimum atomic E-state index is -3.80. The van der Waals surface area contributed by atoms with Crippen molar-refractivity contribution in [2.45, 2.75) is 23.8 Å². The predicted molar refractivity (Wildman–Crippen MR) is 94.8 cm³/mol. The summed E-state index contributed by atoms with van der Waals surface area (Å²) in [7, 11) is -2.13. The van der Waals surface area contributed by atoms with Crippen LogP contribution >= 0.6 is 0 Å². The van der Waals surface area contributed by atoms with E-state index in [1.807, 2.05) is 6.07 Å². The Bertz CT molecular complexity index is 908. The highest BCUT2D eigenvalue weighted by atomic mass is 32.2. The van der Waals surface area contributed by atoms with Crippen LogP contribution in [0, 0.1) is 0 Å². The van der Waals surface area contributed by atoms with E-state index in [0.29, 0.717) is 11.1 Å². The summed E-state index contributed by atoms with van der Waals surface area (Å²) in [6.07, 6.45) is 0.191. The first-order valence-electron chi connectivity index (χ1n) is 7.88. The number of carbonyl (C=O) groups excluding carboxylic acids is 1. The van der Waals surface area contributed by atoms with E-state index >= 15 is 0 Å². The molecule has 0 aliphatic carbocycles. The fourth-order valence-corrected chi connectivity index (χ4v) is 4.01. The van der Waals surface area contributed by atoms with E-state index in [4.69, 9.17) is 0 Å². The summed E-state index contributed by atoms with van der Waals surface area (Å²) in [4.78, 5) is 13.3. The second-order valence-electron chi connectivity index (χ2n) is 6.38. The Morgan fingerprint density at radius 3 is 2.56 bits per heavy atom. The van der Waals surface area contributed by atoms with Gasteiger partial charge in [0, 0.05) is 19.3 Å². The number of aliphatic hydroxyl groups is 1. The molecule has 132 valence electrons. The second-order valence-corrected chi connectivity index (χ2v) is 8.15. The zero-order valence-electron chi connectivity index (χ0n) is 14.1. The first-order chi connectivity index (χ1) is 11.7. The molecule has 0 spiro atoms. The molecular formula is C18H20N2O4S. The molecule has 0 aromatic heterocycles. The van der Waals surface area contributed by atoms with Crippen LogP contribution in [-0.4, -0.2) is 33.0 Å². The molecule has 0 saturated carbocycles. The molecule has 0 radical (unpaired) electrons. The van der Waals surface area contributed by atoms with Gasteiger partial charge in [0.2, 0.25) is 15.9 Å². The van der Waals surface area contributed by atoms with Crippen molar-refractivity contribution in [2.24, 2.45) is 0 Å². The van der Waals surface area contributed by atoms with Crippen LogP contribution in [0.4, 0.5) is 5.69 Å². The number of nitrogens with zero attached hydrogens (tertiary/aromatic N) is 1. The zero-order chi connectivity index (χ0) is 18.2. The van der Waals surface area contributed by atoms with Crippen LogP contribution in [-0.2, 0) is 26.8 Å². The Morgan fingerprint density at radius 1 is 1.20 bits per heavy atom. The maximum Gasteiger partial charge on any atom is 0.240 e. The van der Waals surface area contributed by atoms with E-state index < -0.39 is 15.6 Å². The van der Waals surface area contributed by atoms with Gasteiger partial charge < -0.3 is 10.0 Å². The van der Waals surface area contributed by atoms with E-state index in [2.05, 4.69) is 4.72 Å². The van der Waals surface area contributed by atoms with Crippen molar-refractivity contribution in [3.63, 3.8) is 0 Å². The molecule has 25 heavy (non-hydrogen) atoms. The topological polar surface area (TPSA) is 86.7 Å². The molecule has 0 bridgehead atoms. The van der Waals surface area contributed by atoms with Crippen molar-refractivity contribution in [2.75, 3.05) is 18.5 Å². The summed E-state index contributed by atoms with van der Waals surface area (Å²) in [5.74, 6) is -0.0653. The summed E-state index contributed by atoms with van der Waals surface area (Å²) in [5.41, 5.74) is 0.700. The van der Waals surface area contributed by atoms with Crippen molar-refractivity contribution in [3.05, 3.63) is 59.7 Å². The zero-order valence-corrected chi connectivity index (χ0v) is 14.9. The van der Waals surface area contributed by atoms with Crippen LogP contribution in [0.15, 0.2) is 53.4 Å². The summed E-state index contributed by atoms with van der Waals surface area (Å²) in [5, 5.41) is 10.5. The number of sulfonamides is 1. The third-order valence-corrected chi connectivity index (χ3v) is 5.84. The van der Waals surface area contributed by atoms with Gasteiger partial charge in [-0.2, -0.15) is 0 Å². The average molecular weight is 360 g/mol. The smallest absolute Gasteiger partial charge is 0.240 e. The van der Waals surface area contributed by atoms with Crippen LogP contribution in [0.2, 0.25) is 0 Å². The number of hydrogen-bond acceptors (Lipinski definition) is 4. The quantitative estimate of drug-likeness (QED) is 0.844. The minimum absolute atomic E-state index is 0.0653. The molecule has 0 saturated heterocycles. The molecule has 7 heteroatoms. The van der Waals surface area contributed by atoms with E-state index in [1.54, 1.807) is 44.3 Å². The Morgan fingerprint density at radius 2 is 1.88 bits per heavy atom. The van der Waals surface area contributed by atoms with Crippen molar-refractivity contribution < 1.29 is 18.3 Å². The third-order valence-electron chi connectivity index (χ3n) is 4.44. The van der Waals surface area contributed by atoms with Gasteiger partial charge in [-0.05, 0) is 36.2 Å². The van der Waals surface area contributed by atoms with Crippen LogP contribution in [0.25, 0.3) is 0 Å². The molecule has 1 aliphatic heterocycles. The normalized spacial score (nSPS) is 16.6. The first-order valence-corrected chi connectivity index (χ1v) is 9.36. The molecule has 6 nitrogen and oxygen atoms in total. The Hall–Kier alpha value is -2.22. The SMILES string of the molecule is CN1C(=O)Cc2cc(S(=O)(=O)NCC(C)(O)c3ccccc3)ccc21. The molecule has 1 unspecified atom stereocenters. The lowest BCUT2D eigenvalue weighted by atomic mass is 9.97. The number of carbonyl (C=O) groups is 1. The molecule has 1 heterocycles. The van der Waals surface area contributed by atoms with E-state index in [-0.39, 0.29) is 23.8 Å². The molecule has 3 rings (SSSR count). The number of fused-ring (bicyclic) bond motifs is 1. The minimum Gasteiger partial charge on any atom is -0.384 e. The van der Waals surface area contributed by atoms with E-state index in [1.165, 1.54) is 17.0 Å². The first kappa shape index (κ1) is 17.6. The number of rotatable bonds is 5. The van der Waals surface area contributed by atoms with Crippen molar-refractivity contribution >= 4 is 21.6 Å². The summed E-state index contributed by atoms with van der Waals surface area (Å²) in [6, 6.07) is 13.5. The maximum absolute atomic E-state index is 12.6. The molecule has 2 aromatic carbocycles.